The summed E-state index contributed by atoms with van der Waals surface area (Å²) in [4.78, 5) is 0. The van der Waals surface area contributed by atoms with E-state index in [0.717, 1.165) is 24.6 Å². The van der Waals surface area contributed by atoms with Gasteiger partial charge in [0.2, 0.25) is 11.8 Å². The fourth-order valence-electron chi connectivity index (χ4n) is 2.02. The zero-order valence-electron chi connectivity index (χ0n) is 11.4. The van der Waals surface area contributed by atoms with Crippen molar-refractivity contribution in [2.45, 2.75) is 39.2 Å². The Bertz CT molecular complexity index is 573. The zero-order chi connectivity index (χ0) is 13.2. The van der Waals surface area contributed by atoms with Crippen molar-refractivity contribution in [3.8, 4) is 11.5 Å². The predicted molar refractivity (Wildman–Crippen MR) is 73.9 cm³/mol. The van der Waals surface area contributed by atoms with Gasteiger partial charge in [-0.15, -0.1) is 10.2 Å². The van der Waals surface area contributed by atoms with Gasteiger partial charge in [-0.3, -0.25) is 0 Å². The standard InChI is InChI=1S/C15H19N3O/c1-10-3-4-12(9-11(10)2)15-18-17-14(19-15)7-8-16-13-5-6-13/h3-4,9,13,16H,5-8H2,1-2H3. The molecular formula is C15H19N3O. The smallest absolute Gasteiger partial charge is 0.247 e. The first-order valence-electron chi connectivity index (χ1n) is 6.86. The molecule has 3 rings (SSSR count). The van der Waals surface area contributed by atoms with Crippen molar-refractivity contribution in [3.05, 3.63) is 35.2 Å². The van der Waals surface area contributed by atoms with Gasteiger partial charge in [-0.2, -0.15) is 0 Å². The van der Waals surface area contributed by atoms with Gasteiger partial charge in [-0.25, -0.2) is 0 Å². The van der Waals surface area contributed by atoms with Crippen LogP contribution in [0.3, 0.4) is 0 Å². The molecule has 1 heterocycles. The molecule has 1 aliphatic rings. The van der Waals surface area contributed by atoms with Gasteiger partial charge in [0.05, 0.1) is 0 Å². The zero-order valence-corrected chi connectivity index (χ0v) is 11.4. The van der Waals surface area contributed by atoms with E-state index in [9.17, 15) is 0 Å². The van der Waals surface area contributed by atoms with E-state index < -0.39 is 0 Å². The average molecular weight is 257 g/mol. The fourth-order valence-corrected chi connectivity index (χ4v) is 2.02. The van der Waals surface area contributed by atoms with Gasteiger partial charge in [0, 0.05) is 24.6 Å². The highest BCUT2D eigenvalue weighted by Gasteiger charge is 2.20. The lowest BCUT2D eigenvalue weighted by Gasteiger charge is -2.01. The molecule has 0 aliphatic heterocycles. The summed E-state index contributed by atoms with van der Waals surface area (Å²) in [5, 5.41) is 11.7. The third-order valence-corrected chi connectivity index (χ3v) is 3.57. The number of aryl methyl sites for hydroxylation is 2. The van der Waals surface area contributed by atoms with E-state index in [1.807, 2.05) is 6.07 Å². The maximum absolute atomic E-state index is 5.70. The Hall–Kier alpha value is -1.68. The van der Waals surface area contributed by atoms with Crippen LogP contribution >= 0.6 is 0 Å². The second-order valence-electron chi connectivity index (χ2n) is 5.28. The van der Waals surface area contributed by atoms with Gasteiger partial charge < -0.3 is 9.73 Å². The van der Waals surface area contributed by atoms with Crippen molar-refractivity contribution in [3.63, 3.8) is 0 Å². The summed E-state index contributed by atoms with van der Waals surface area (Å²) >= 11 is 0. The largest absolute Gasteiger partial charge is 0.421 e. The second kappa shape index (κ2) is 5.13. The predicted octanol–water partition coefficient (Wildman–Crippen LogP) is 2.65. The highest BCUT2D eigenvalue weighted by Crippen LogP contribution is 2.21. The molecule has 0 spiro atoms. The van der Waals surface area contributed by atoms with E-state index in [1.54, 1.807) is 0 Å². The maximum Gasteiger partial charge on any atom is 0.247 e. The van der Waals surface area contributed by atoms with E-state index >= 15 is 0 Å². The first kappa shape index (κ1) is 12.4. The molecule has 0 unspecified atom stereocenters. The molecule has 0 radical (unpaired) electrons. The minimum Gasteiger partial charge on any atom is -0.421 e. The topological polar surface area (TPSA) is 51.0 Å². The Labute approximate surface area is 113 Å². The molecule has 1 fully saturated rings. The van der Waals surface area contributed by atoms with Crippen LogP contribution in [0.2, 0.25) is 0 Å². The van der Waals surface area contributed by atoms with E-state index in [4.69, 9.17) is 4.42 Å². The van der Waals surface area contributed by atoms with E-state index in [-0.39, 0.29) is 0 Å². The number of nitrogens with one attached hydrogen (secondary N) is 1. The molecule has 0 bridgehead atoms. The number of aromatic nitrogens is 2. The molecule has 2 aromatic rings. The van der Waals surface area contributed by atoms with Gasteiger partial charge >= 0.3 is 0 Å². The molecule has 0 amide bonds. The summed E-state index contributed by atoms with van der Waals surface area (Å²) in [6, 6.07) is 6.93. The third-order valence-electron chi connectivity index (χ3n) is 3.57. The quantitative estimate of drug-likeness (QED) is 0.894. The molecule has 19 heavy (non-hydrogen) atoms. The summed E-state index contributed by atoms with van der Waals surface area (Å²) in [6.45, 7) is 5.11. The van der Waals surface area contributed by atoms with Crippen molar-refractivity contribution < 1.29 is 4.42 Å². The molecule has 100 valence electrons. The van der Waals surface area contributed by atoms with Crippen LogP contribution in [0.4, 0.5) is 0 Å². The summed E-state index contributed by atoms with van der Waals surface area (Å²) in [5.41, 5.74) is 3.52. The number of nitrogens with zero attached hydrogens (tertiary/aromatic N) is 2. The lowest BCUT2D eigenvalue weighted by atomic mass is 10.1. The summed E-state index contributed by atoms with van der Waals surface area (Å²) in [5.74, 6) is 1.32. The molecular weight excluding hydrogens is 238 g/mol. The Morgan fingerprint density at radius 1 is 1.21 bits per heavy atom. The van der Waals surface area contributed by atoms with Crippen LogP contribution in [-0.2, 0) is 6.42 Å². The van der Waals surface area contributed by atoms with Gasteiger partial charge in [0.15, 0.2) is 0 Å². The minimum atomic E-state index is 0.615. The van der Waals surface area contributed by atoms with Gasteiger partial charge in [0.1, 0.15) is 0 Å². The number of rotatable bonds is 5. The van der Waals surface area contributed by atoms with Crippen molar-refractivity contribution in [1.29, 1.82) is 0 Å². The minimum absolute atomic E-state index is 0.615. The van der Waals surface area contributed by atoms with Crippen molar-refractivity contribution in [2.24, 2.45) is 0 Å². The van der Waals surface area contributed by atoms with Crippen LogP contribution in [-0.4, -0.2) is 22.8 Å². The molecule has 1 aromatic carbocycles. The SMILES string of the molecule is Cc1ccc(-c2nnc(CCNC3CC3)o2)cc1C. The molecule has 4 heteroatoms. The van der Waals surface area contributed by atoms with Crippen molar-refractivity contribution >= 4 is 0 Å². The third kappa shape index (κ3) is 3.01. The normalized spacial score (nSPS) is 14.8. The Balaban J connectivity index is 1.67. The highest BCUT2D eigenvalue weighted by atomic mass is 16.4. The van der Waals surface area contributed by atoms with Crippen LogP contribution in [0.5, 0.6) is 0 Å². The maximum atomic E-state index is 5.70. The van der Waals surface area contributed by atoms with Gasteiger partial charge in [-0.1, -0.05) is 6.07 Å². The van der Waals surface area contributed by atoms with Gasteiger partial charge in [0.25, 0.3) is 0 Å². The van der Waals surface area contributed by atoms with E-state index in [1.165, 1.54) is 24.0 Å². The van der Waals surface area contributed by atoms with Crippen LogP contribution in [0.25, 0.3) is 11.5 Å². The summed E-state index contributed by atoms with van der Waals surface area (Å²) < 4.78 is 5.70. The first-order chi connectivity index (χ1) is 9.22. The summed E-state index contributed by atoms with van der Waals surface area (Å²) in [7, 11) is 0. The molecule has 0 atom stereocenters. The Kier molecular flexibility index (Phi) is 3.34. The van der Waals surface area contributed by atoms with E-state index in [0.29, 0.717) is 11.8 Å². The summed E-state index contributed by atoms with van der Waals surface area (Å²) in [6.07, 6.45) is 3.41. The molecule has 1 N–H and O–H groups in total. The highest BCUT2D eigenvalue weighted by molar-refractivity contribution is 5.55. The fraction of sp³-hybridized carbons (Fsp3) is 0.467. The molecule has 4 nitrogen and oxygen atoms in total. The average Bonchev–Trinajstić information content (AvgIpc) is 3.10. The molecule has 1 aromatic heterocycles. The van der Waals surface area contributed by atoms with Gasteiger partial charge in [-0.05, 0) is 49.9 Å². The molecule has 1 aliphatic carbocycles. The van der Waals surface area contributed by atoms with Crippen molar-refractivity contribution in [2.75, 3.05) is 6.54 Å². The van der Waals surface area contributed by atoms with Crippen LogP contribution in [0.1, 0.15) is 29.9 Å². The second-order valence-corrected chi connectivity index (χ2v) is 5.28. The monoisotopic (exact) mass is 257 g/mol. The lowest BCUT2D eigenvalue weighted by Crippen LogP contribution is -2.19. The number of benzene rings is 1. The molecule has 1 saturated carbocycles. The molecule has 0 saturated heterocycles. The number of hydrogen-bond donors (Lipinski definition) is 1. The lowest BCUT2D eigenvalue weighted by molar-refractivity contribution is 0.494. The van der Waals surface area contributed by atoms with E-state index in [2.05, 4.69) is 41.5 Å². The van der Waals surface area contributed by atoms with Crippen molar-refractivity contribution in [1.82, 2.24) is 15.5 Å². The number of hydrogen-bond acceptors (Lipinski definition) is 4. The Morgan fingerprint density at radius 3 is 2.79 bits per heavy atom. The van der Waals surface area contributed by atoms with Crippen LogP contribution < -0.4 is 5.32 Å². The Morgan fingerprint density at radius 2 is 2.05 bits per heavy atom. The first-order valence-corrected chi connectivity index (χ1v) is 6.86. The van der Waals surface area contributed by atoms with Crippen LogP contribution in [0.15, 0.2) is 22.6 Å². The van der Waals surface area contributed by atoms with Crippen LogP contribution in [0, 0.1) is 13.8 Å².